The summed E-state index contributed by atoms with van der Waals surface area (Å²) in [6, 6.07) is 10.2. The number of hydrogen-bond acceptors (Lipinski definition) is 2. The molecule has 0 fully saturated rings. The van der Waals surface area contributed by atoms with E-state index >= 15 is 0 Å². The fourth-order valence-electron chi connectivity index (χ4n) is 1.32. The largest absolute Gasteiger partial charge is 0.388 e. The fourth-order valence-corrected chi connectivity index (χ4v) is 2.31. The van der Waals surface area contributed by atoms with Gasteiger partial charge in [0.05, 0.1) is 6.10 Å². The minimum absolute atomic E-state index is 0.243. The molecule has 82 valence electrons. The quantitative estimate of drug-likeness (QED) is 0.609. The van der Waals surface area contributed by atoms with Gasteiger partial charge in [0.2, 0.25) is 0 Å². The van der Waals surface area contributed by atoms with Crippen molar-refractivity contribution in [3.8, 4) is 0 Å². The molecule has 0 aliphatic rings. The Balaban J connectivity index is 2.41. The van der Waals surface area contributed by atoms with Crippen LogP contribution in [0.3, 0.4) is 0 Å². The first-order valence-electron chi connectivity index (χ1n) is 5.12. The Morgan fingerprint density at radius 1 is 1.40 bits per heavy atom. The summed E-state index contributed by atoms with van der Waals surface area (Å²) in [5.41, 5.74) is 0.844. The van der Waals surface area contributed by atoms with E-state index in [2.05, 4.69) is 25.6 Å². The minimum Gasteiger partial charge on any atom is -0.388 e. The van der Waals surface area contributed by atoms with E-state index in [1.54, 1.807) is 11.8 Å². The molecule has 1 aromatic rings. The Morgan fingerprint density at radius 3 is 2.53 bits per heavy atom. The zero-order valence-electron chi connectivity index (χ0n) is 9.31. The lowest BCUT2D eigenvalue weighted by atomic mass is 10.0. The summed E-state index contributed by atoms with van der Waals surface area (Å²) in [4.78, 5) is 1.25. The van der Waals surface area contributed by atoms with Gasteiger partial charge in [0.1, 0.15) is 0 Å². The predicted octanol–water partition coefficient (Wildman–Crippen LogP) is 3.35. The third kappa shape index (κ3) is 4.10. The molecule has 0 amide bonds. The van der Waals surface area contributed by atoms with Crippen molar-refractivity contribution in [2.45, 2.75) is 24.8 Å². The van der Waals surface area contributed by atoms with Crippen molar-refractivity contribution in [3.05, 3.63) is 42.5 Å². The number of thioether (sulfide) groups is 1. The summed E-state index contributed by atoms with van der Waals surface area (Å²) >= 11 is 1.77. The summed E-state index contributed by atoms with van der Waals surface area (Å²) in [5.74, 6) is 1.16. The van der Waals surface area contributed by atoms with Crippen molar-refractivity contribution in [3.63, 3.8) is 0 Å². The number of benzene rings is 1. The first-order valence-corrected chi connectivity index (χ1v) is 6.11. The molecule has 0 spiro atoms. The van der Waals surface area contributed by atoms with Crippen LogP contribution >= 0.6 is 11.8 Å². The summed E-state index contributed by atoms with van der Waals surface area (Å²) < 4.78 is 0. The van der Waals surface area contributed by atoms with Crippen molar-refractivity contribution >= 4 is 11.8 Å². The van der Waals surface area contributed by atoms with Gasteiger partial charge < -0.3 is 5.11 Å². The molecule has 2 heteroatoms. The monoisotopic (exact) mass is 222 g/mol. The molecule has 0 saturated heterocycles. The van der Waals surface area contributed by atoms with Crippen LogP contribution in [0.5, 0.6) is 0 Å². The first-order chi connectivity index (χ1) is 7.11. The molecule has 1 nitrogen and oxygen atoms in total. The predicted molar refractivity (Wildman–Crippen MR) is 67.2 cm³/mol. The van der Waals surface area contributed by atoms with Gasteiger partial charge in [0.15, 0.2) is 0 Å². The lowest BCUT2D eigenvalue weighted by Crippen LogP contribution is -2.20. The molecule has 0 bridgehead atoms. The maximum Gasteiger partial charge on any atom is 0.0778 e. The minimum atomic E-state index is -0.388. The van der Waals surface area contributed by atoms with Gasteiger partial charge in [-0.1, -0.05) is 37.3 Å². The third-order valence-electron chi connectivity index (χ3n) is 2.30. The normalized spacial score (nSPS) is 14.6. The zero-order valence-corrected chi connectivity index (χ0v) is 10.1. The van der Waals surface area contributed by atoms with Crippen LogP contribution in [0.2, 0.25) is 0 Å². The highest BCUT2D eigenvalue weighted by molar-refractivity contribution is 7.99. The first kappa shape index (κ1) is 12.3. The van der Waals surface area contributed by atoms with E-state index in [0.717, 1.165) is 11.3 Å². The molecule has 1 aromatic carbocycles. The van der Waals surface area contributed by atoms with Crippen molar-refractivity contribution in [1.82, 2.24) is 0 Å². The van der Waals surface area contributed by atoms with Gasteiger partial charge >= 0.3 is 0 Å². The summed E-state index contributed by atoms with van der Waals surface area (Å²) in [6.07, 6.45) is -0.388. The van der Waals surface area contributed by atoms with Gasteiger partial charge in [0.25, 0.3) is 0 Å². The van der Waals surface area contributed by atoms with Gasteiger partial charge in [-0.15, -0.1) is 11.8 Å². The molecule has 0 saturated carbocycles. The summed E-state index contributed by atoms with van der Waals surface area (Å²) in [6.45, 7) is 7.69. The highest BCUT2D eigenvalue weighted by Gasteiger charge is 2.14. The van der Waals surface area contributed by atoms with Crippen LogP contribution in [0, 0.1) is 5.92 Å². The van der Waals surface area contributed by atoms with E-state index in [1.807, 2.05) is 25.1 Å². The standard InChI is InChI=1S/C13H18OS/c1-10(2)13(14)11(3)9-15-12-7-5-4-6-8-12/h4-8,11,13-14H,1,9H2,2-3H3/t11-,13+/m1/s1. The smallest absolute Gasteiger partial charge is 0.0778 e. The maximum absolute atomic E-state index is 9.76. The van der Waals surface area contributed by atoms with Crippen LogP contribution in [-0.2, 0) is 0 Å². The van der Waals surface area contributed by atoms with Gasteiger partial charge in [0, 0.05) is 10.6 Å². The van der Waals surface area contributed by atoms with Gasteiger partial charge in [-0.05, 0) is 25.0 Å². The Hall–Kier alpha value is -0.730. The van der Waals surface area contributed by atoms with Gasteiger partial charge in [-0.3, -0.25) is 0 Å². The van der Waals surface area contributed by atoms with E-state index in [0.29, 0.717) is 0 Å². The highest BCUT2D eigenvalue weighted by Crippen LogP contribution is 2.23. The number of rotatable bonds is 5. The summed E-state index contributed by atoms with van der Waals surface area (Å²) in [7, 11) is 0. The Bertz CT molecular complexity index is 308. The molecule has 0 aromatic heterocycles. The summed E-state index contributed by atoms with van der Waals surface area (Å²) in [5, 5.41) is 9.76. The van der Waals surface area contributed by atoms with E-state index in [-0.39, 0.29) is 12.0 Å². The molecule has 1 rings (SSSR count). The molecule has 0 radical (unpaired) electrons. The van der Waals surface area contributed by atoms with E-state index in [9.17, 15) is 5.11 Å². The Morgan fingerprint density at radius 2 is 2.00 bits per heavy atom. The molecule has 0 aliphatic heterocycles. The van der Waals surface area contributed by atoms with Crippen LogP contribution in [0.25, 0.3) is 0 Å². The lowest BCUT2D eigenvalue weighted by molar-refractivity contribution is 0.163. The molecule has 1 N–H and O–H groups in total. The van der Waals surface area contributed by atoms with Gasteiger partial charge in [-0.2, -0.15) is 0 Å². The molecule has 0 aliphatic carbocycles. The van der Waals surface area contributed by atoms with E-state index in [4.69, 9.17) is 0 Å². The highest BCUT2D eigenvalue weighted by atomic mass is 32.2. The molecular weight excluding hydrogens is 204 g/mol. The Kier molecular flexibility index (Phi) is 4.92. The van der Waals surface area contributed by atoms with E-state index < -0.39 is 0 Å². The molecule has 2 atom stereocenters. The molecule has 0 unspecified atom stereocenters. The molecule has 0 heterocycles. The van der Waals surface area contributed by atoms with Crippen LogP contribution in [-0.4, -0.2) is 17.0 Å². The SMILES string of the molecule is C=C(C)[C@H](O)[C@H](C)CSc1ccccc1. The lowest BCUT2D eigenvalue weighted by Gasteiger charge is -2.18. The number of hydrogen-bond donors (Lipinski definition) is 1. The van der Waals surface area contributed by atoms with Crippen LogP contribution in [0.4, 0.5) is 0 Å². The topological polar surface area (TPSA) is 20.2 Å². The Labute approximate surface area is 96.2 Å². The second-order valence-electron chi connectivity index (χ2n) is 3.89. The fraction of sp³-hybridized carbons (Fsp3) is 0.385. The van der Waals surface area contributed by atoms with Crippen LogP contribution in [0.15, 0.2) is 47.4 Å². The van der Waals surface area contributed by atoms with Crippen molar-refractivity contribution in [1.29, 1.82) is 0 Å². The third-order valence-corrected chi connectivity index (χ3v) is 3.60. The van der Waals surface area contributed by atoms with Gasteiger partial charge in [-0.25, -0.2) is 0 Å². The number of aliphatic hydroxyl groups excluding tert-OH is 1. The maximum atomic E-state index is 9.76. The molecule has 15 heavy (non-hydrogen) atoms. The zero-order chi connectivity index (χ0) is 11.3. The average molecular weight is 222 g/mol. The van der Waals surface area contributed by atoms with Crippen molar-refractivity contribution < 1.29 is 5.11 Å². The van der Waals surface area contributed by atoms with Crippen molar-refractivity contribution in [2.75, 3.05) is 5.75 Å². The molecular formula is C13H18OS. The number of aliphatic hydroxyl groups is 1. The van der Waals surface area contributed by atoms with Crippen LogP contribution < -0.4 is 0 Å². The van der Waals surface area contributed by atoms with Crippen molar-refractivity contribution in [2.24, 2.45) is 5.92 Å². The average Bonchev–Trinajstić information content (AvgIpc) is 2.26. The second kappa shape index (κ2) is 5.99. The second-order valence-corrected chi connectivity index (χ2v) is 4.99. The van der Waals surface area contributed by atoms with E-state index in [1.165, 1.54) is 4.90 Å². The van der Waals surface area contributed by atoms with Crippen LogP contribution in [0.1, 0.15) is 13.8 Å².